The fourth-order valence-electron chi connectivity index (χ4n) is 3.25. The van der Waals surface area contributed by atoms with Crippen LogP contribution in [0.15, 0.2) is 59.3 Å². The first kappa shape index (κ1) is 18.8. The van der Waals surface area contributed by atoms with Crippen LogP contribution in [0, 0.1) is 0 Å². The Balaban J connectivity index is 1.41. The zero-order valence-corrected chi connectivity index (χ0v) is 16.2. The molecule has 150 valence electrons. The number of hydrogen-bond donors (Lipinski definition) is 1. The first-order chi connectivity index (χ1) is 14.2. The standard InChI is InChI=1S/C21H23N5O3/c1-2-28-17-7-4-3-6-16(17)23-21-22-10-9-19(24-21)25-11-13-26(14-12-25)20(27)18-8-5-15-29-18/h3-10,15H,2,11-14H2,1H3,(H,22,23,24). The number of anilines is 3. The predicted octanol–water partition coefficient (Wildman–Crippen LogP) is 3.17. The minimum absolute atomic E-state index is 0.0766. The molecule has 8 nitrogen and oxygen atoms in total. The summed E-state index contributed by atoms with van der Waals surface area (Å²) < 4.78 is 10.9. The zero-order valence-electron chi connectivity index (χ0n) is 16.2. The molecule has 2 aromatic heterocycles. The summed E-state index contributed by atoms with van der Waals surface area (Å²) in [7, 11) is 0. The Kier molecular flexibility index (Phi) is 5.60. The van der Waals surface area contributed by atoms with Crippen LogP contribution in [-0.4, -0.2) is 53.6 Å². The third-order valence-electron chi connectivity index (χ3n) is 4.70. The lowest BCUT2D eigenvalue weighted by Crippen LogP contribution is -2.49. The number of rotatable bonds is 6. The SMILES string of the molecule is CCOc1ccccc1Nc1nccc(N2CCN(C(=O)c3ccco3)CC2)n1. The Morgan fingerprint density at radius 2 is 1.97 bits per heavy atom. The van der Waals surface area contributed by atoms with E-state index in [9.17, 15) is 4.79 Å². The Morgan fingerprint density at radius 3 is 2.72 bits per heavy atom. The number of amides is 1. The van der Waals surface area contributed by atoms with Crippen LogP contribution in [0.25, 0.3) is 0 Å². The maximum atomic E-state index is 12.4. The number of carbonyl (C=O) groups is 1. The quantitative estimate of drug-likeness (QED) is 0.689. The van der Waals surface area contributed by atoms with Gasteiger partial charge in [-0.3, -0.25) is 4.79 Å². The highest BCUT2D eigenvalue weighted by atomic mass is 16.5. The molecule has 0 spiro atoms. The topological polar surface area (TPSA) is 83.7 Å². The number of para-hydroxylation sites is 2. The van der Waals surface area contributed by atoms with E-state index < -0.39 is 0 Å². The number of carbonyl (C=O) groups excluding carboxylic acids is 1. The Labute approximate surface area is 169 Å². The average molecular weight is 393 g/mol. The van der Waals surface area contributed by atoms with Gasteiger partial charge in [0.05, 0.1) is 18.6 Å². The molecule has 3 aromatic rings. The lowest BCUT2D eigenvalue weighted by molar-refractivity contribution is 0.0714. The highest BCUT2D eigenvalue weighted by Gasteiger charge is 2.24. The maximum Gasteiger partial charge on any atom is 0.289 e. The first-order valence-corrected chi connectivity index (χ1v) is 9.64. The van der Waals surface area contributed by atoms with Gasteiger partial charge in [0.15, 0.2) is 5.76 Å². The van der Waals surface area contributed by atoms with Crippen molar-refractivity contribution in [3.05, 3.63) is 60.7 Å². The molecule has 29 heavy (non-hydrogen) atoms. The molecule has 0 unspecified atom stereocenters. The van der Waals surface area contributed by atoms with Crippen molar-refractivity contribution in [2.24, 2.45) is 0 Å². The summed E-state index contributed by atoms with van der Waals surface area (Å²) in [5.41, 5.74) is 0.820. The number of hydrogen-bond acceptors (Lipinski definition) is 7. The second-order valence-electron chi connectivity index (χ2n) is 6.55. The summed E-state index contributed by atoms with van der Waals surface area (Å²) in [4.78, 5) is 25.3. The second kappa shape index (κ2) is 8.64. The molecule has 0 atom stereocenters. The van der Waals surface area contributed by atoms with Crippen LogP contribution in [0.4, 0.5) is 17.5 Å². The van der Waals surface area contributed by atoms with Crippen LogP contribution in [-0.2, 0) is 0 Å². The molecule has 0 bridgehead atoms. The molecule has 3 heterocycles. The van der Waals surface area contributed by atoms with Crippen LogP contribution in [0.3, 0.4) is 0 Å². The lowest BCUT2D eigenvalue weighted by atomic mass is 10.3. The summed E-state index contributed by atoms with van der Waals surface area (Å²) in [5, 5.41) is 3.23. The summed E-state index contributed by atoms with van der Waals surface area (Å²) in [6.45, 7) is 5.14. The highest BCUT2D eigenvalue weighted by molar-refractivity contribution is 5.91. The van der Waals surface area contributed by atoms with Gasteiger partial charge in [-0.2, -0.15) is 4.98 Å². The number of furan rings is 1. The van der Waals surface area contributed by atoms with Gasteiger partial charge in [-0.25, -0.2) is 4.98 Å². The van der Waals surface area contributed by atoms with Crippen molar-refractivity contribution < 1.29 is 13.9 Å². The van der Waals surface area contributed by atoms with Crippen LogP contribution >= 0.6 is 0 Å². The third kappa shape index (κ3) is 4.31. The zero-order chi connectivity index (χ0) is 20.1. The number of nitrogens with zero attached hydrogens (tertiary/aromatic N) is 4. The van der Waals surface area contributed by atoms with Crippen molar-refractivity contribution in [3.63, 3.8) is 0 Å². The molecule has 1 saturated heterocycles. The lowest BCUT2D eigenvalue weighted by Gasteiger charge is -2.35. The summed E-state index contributed by atoms with van der Waals surface area (Å²) in [5.74, 6) is 2.38. The third-order valence-corrected chi connectivity index (χ3v) is 4.70. The predicted molar refractivity (Wildman–Crippen MR) is 110 cm³/mol. The molecule has 0 aliphatic carbocycles. The molecule has 1 aliphatic heterocycles. The fraction of sp³-hybridized carbons (Fsp3) is 0.286. The van der Waals surface area contributed by atoms with E-state index in [1.807, 2.05) is 37.3 Å². The van der Waals surface area contributed by atoms with E-state index in [1.54, 1.807) is 23.2 Å². The normalized spacial score (nSPS) is 14.0. The molecular formula is C21H23N5O3. The molecule has 0 saturated carbocycles. The Morgan fingerprint density at radius 1 is 1.14 bits per heavy atom. The van der Waals surface area contributed by atoms with Crippen molar-refractivity contribution >= 4 is 23.4 Å². The Hall–Kier alpha value is -3.55. The van der Waals surface area contributed by atoms with Crippen molar-refractivity contribution in [2.75, 3.05) is 43.0 Å². The van der Waals surface area contributed by atoms with Crippen LogP contribution in [0.1, 0.15) is 17.5 Å². The Bertz CT molecular complexity index is 952. The minimum atomic E-state index is -0.0766. The molecule has 8 heteroatoms. The van der Waals surface area contributed by atoms with Gasteiger partial charge < -0.3 is 24.3 Å². The van der Waals surface area contributed by atoms with E-state index in [1.165, 1.54) is 6.26 Å². The van der Waals surface area contributed by atoms with Crippen molar-refractivity contribution in [3.8, 4) is 5.75 Å². The smallest absolute Gasteiger partial charge is 0.289 e. The first-order valence-electron chi connectivity index (χ1n) is 9.64. The van der Waals surface area contributed by atoms with E-state index >= 15 is 0 Å². The molecule has 1 aromatic carbocycles. The van der Waals surface area contributed by atoms with E-state index in [0.717, 1.165) is 17.3 Å². The molecule has 1 N–H and O–H groups in total. The number of ether oxygens (including phenoxy) is 1. The van der Waals surface area contributed by atoms with Crippen LogP contribution < -0.4 is 15.0 Å². The van der Waals surface area contributed by atoms with Crippen LogP contribution in [0.5, 0.6) is 5.75 Å². The highest BCUT2D eigenvalue weighted by Crippen LogP contribution is 2.26. The molecule has 1 amide bonds. The molecule has 4 rings (SSSR count). The van der Waals surface area contributed by atoms with Gasteiger partial charge >= 0.3 is 0 Å². The van der Waals surface area contributed by atoms with Gasteiger partial charge in [0, 0.05) is 32.4 Å². The van der Waals surface area contributed by atoms with Gasteiger partial charge in [0.2, 0.25) is 5.95 Å². The van der Waals surface area contributed by atoms with Gasteiger partial charge in [-0.05, 0) is 37.3 Å². The minimum Gasteiger partial charge on any atom is -0.492 e. The molecule has 1 aliphatic rings. The van der Waals surface area contributed by atoms with Gasteiger partial charge in [-0.15, -0.1) is 0 Å². The largest absolute Gasteiger partial charge is 0.492 e. The summed E-state index contributed by atoms with van der Waals surface area (Å²) in [6, 6.07) is 13.0. The number of nitrogens with one attached hydrogen (secondary N) is 1. The summed E-state index contributed by atoms with van der Waals surface area (Å²) >= 11 is 0. The van der Waals surface area contributed by atoms with E-state index in [-0.39, 0.29) is 5.91 Å². The second-order valence-corrected chi connectivity index (χ2v) is 6.55. The van der Waals surface area contributed by atoms with Crippen molar-refractivity contribution in [2.45, 2.75) is 6.92 Å². The molecular weight excluding hydrogens is 370 g/mol. The fourth-order valence-corrected chi connectivity index (χ4v) is 3.25. The van der Waals surface area contributed by atoms with E-state index in [2.05, 4.69) is 20.2 Å². The summed E-state index contributed by atoms with van der Waals surface area (Å²) in [6.07, 6.45) is 3.25. The maximum absolute atomic E-state index is 12.4. The van der Waals surface area contributed by atoms with Gasteiger partial charge in [-0.1, -0.05) is 12.1 Å². The van der Waals surface area contributed by atoms with Gasteiger partial charge in [0.25, 0.3) is 5.91 Å². The van der Waals surface area contributed by atoms with E-state index in [0.29, 0.717) is 44.5 Å². The molecule has 1 fully saturated rings. The average Bonchev–Trinajstić information content (AvgIpc) is 3.30. The number of piperazine rings is 1. The van der Waals surface area contributed by atoms with Crippen LogP contribution in [0.2, 0.25) is 0 Å². The monoisotopic (exact) mass is 393 g/mol. The molecule has 0 radical (unpaired) electrons. The number of benzene rings is 1. The van der Waals surface area contributed by atoms with Gasteiger partial charge in [0.1, 0.15) is 11.6 Å². The van der Waals surface area contributed by atoms with Crippen molar-refractivity contribution in [1.29, 1.82) is 0 Å². The van der Waals surface area contributed by atoms with E-state index in [4.69, 9.17) is 9.15 Å². The number of aromatic nitrogens is 2. The van der Waals surface area contributed by atoms with Crippen molar-refractivity contribution in [1.82, 2.24) is 14.9 Å².